The molecule has 0 bridgehead atoms. The third-order valence-electron chi connectivity index (χ3n) is 6.34. The molecule has 206 valence electrons. The zero-order valence-electron chi connectivity index (χ0n) is 22.3. The number of benzene rings is 3. The number of thiazole rings is 1. The zero-order chi connectivity index (χ0) is 28.9. The van der Waals surface area contributed by atoms with Gasteiger partial charge in [0.05, 0.1) is 35.6 Å². The van der Waals surface area contributed by atoms with Gasteiger partial charge in [0.15, 0.2) is 16.3 Å². The van der Waals surface area contributed by atoms with Crippen molar-refractivity contribution >= 4 is 45.0 Å². The maximum Gasteiger partial charge on any atom is 0.338 e. The molecule has 0 saturated carbocycles. The fourth-order valence-electron chi connectivity index (χ4n) is 4.65. The maximum atomic E-state index is 14.1. The highest BCUT2D eigenvalue weighted by molar-refractivity contribution is 9.10. The van der Waals surface area contributed by atoms with Crippen LogP contribution in [0.2, 0.25) is 0 Å². The molecule has 1 aliphatic heterocycles. The van der Waals surface area contributed by atoms with Crippen LogP contribution in [0.3, 0.4) is 0 Å². The number of carbonyl (C=O) groups excluding carboxylic acids is 1. The van der Waals surface area contributed by atoms with Crippen LogP contribution in [0.5, 0.6) is 11.5 Å². The van der Waals surface area contributed by atoms with Crippen LogP contribution in [0.25, 0.3) is 11.8 Å². The minimum Gasteiger partial charge on any atom is -0.493 e. The van der Waals surface area contributed by atoms with E-state index in [1.165, 1.54) is 18.4 Å². The van der Waals surface area contributed by atoms with E-state index in [0.29, 0.717) is 37.7 Å². The molecule has 1 aliphatic rings. The second-order valence-electron chi connectivity index (χ2n) is 8.86. The Hall–Kier alpha value is -4.39. The Labute approximate surface area is 249 Å². The van der Waals surface area contributed by atoms with Gasteiger partial charge in [-0.3, -0.25) is 9.36 Å². The van der Waals surface area contributed by atoms with Crippen molar-refractivity contribution < 1.29 is 19.0 Å². The summed E-state index contributed by atoms with van der Waals surface area (Å²) in [6.45, 7) is 1.96. The Balaban J connectivity index is 1.82. The molecule has 0 fully saturated rings. The molecule has 4 aromatic rings. The van der Waals surface area contributed by atoms with Crippen LogP contribution in [-0.4, -0.2) is 30.9 Å². The lowest BCUT2D eigenvalue weighted by atomic mass is 9.93. The largest absolute Gasteiger partial charge is 0.493 e. The molecule has 0 N–H and O–H groups in total. The van der Waals surface area contributed by atoms with Gasteiger partial charge in [-0.2, -0.15) is 0 Å². The Kier molecular flexibility index (Phi) is 8.53. The quantitative estimate of drug-likeness (QED) is 0.208. The monoisotopic (exact) mass is 628 g/mol. The van der Waals surface area contributed by atoms with Gasteiger partial charge in [0.1, 0.15) is 6.61 Å². The number of ether oxygens (including phenoxy) is 3. The first-order valence-corrected chi connectivity index (χ1v) is 14.3. The second kappa shape index (κ2) is 12.4. The normalized spacial score (nSPS) is 14.6. The number of hydrogen-bond acceptors (Lipinski definition) is 7. The highest BCUT2D eigenvalue weighted by Gasteiger charge is 2.35. The van der Waals surface area contributed by atoms with Gasteiger partial charge in [-0.05, 0) is 30.7 Å². The molecule has 1 aromatic heterocycles. The van der Waals surface area contributed by atoms with Gasteiger partial charge < -0.3 is 14.2 Å². The number of carbonyl (C=O) groups is 1. The number of rotatable bonds is 8. The van der Waals surface area contributed by atoms with E-state index in [1.54, 1.807) is 23.6 Å². The summed E-state index contributed by atoms with van der Waals surface area (Å²) in [5.74, 6) is 2.81. The predicted molar refractivity (Wildman–Crippen MR) is 163 cm³/mol. The fraction of sp³-hybridized carbons (Fsp3) is 0.156. The number of methoxy groups -OCH3 is 1. The van der Waals surface area contributed by atoms with E-state index >= 15 is 0 Å². The molecule has 0 amide bonds. The molecular weight excluding hydrogens is 604 g/mol. The van der Waals surface area contributed by atoms with Crippen molar-refractivity contribution in [2.45, 2.75) is 13.0 Å². The summed E-state index contributed by atoms with van der Waals surface area (Å²) in [6.07, 6.45) is 7.16. The number of nitrogens with zero attached hydrogens (tertiary/aromatic N) is 2. The Bertz CT molecular complexity index is 1850. The zero-order valence-corrected chi connectivity index (χ0v) is 24.7. The predicted octanol–water partition coefficient (Wildman–Crippen LogP) is 4.72. The summed E-state index contributed by atoms with van der Waals surface area (Å²) in [5.41, 5.74) is 2.56. The number of halogens is 1. The third kappa shape index (κ3) is 5.62. The van der Waals surface area contributed by atoms with Gasteiger partial charge in [-0.15, -0.1) is 6.42 Å². The first-order chi connectivity index (χ1) is 20.0. The van der Waals surface area contributed by atoms with E-state index in [1.807, 2.05) is 66.7 Å². The second-order valence-corrected chi connectivity index (χ2v) is 10.8. The maximum absolute atomic E-state index is 14.1. The standard InChI is InChI=1S/C32H25BrN2O5S/c1-4-16-40-29-22(17-23(33)19-24(29)38-3)18-25-30(36)35-28(21-14-10-7-11-15-21)26(31(37)39-5-2)27(34-32(35)41-25)20-12-8-6-9-13-20/h1,6-15,17-19,28H,5,16H2,2-3H3/b25-18-/t28-/m1/s1. The van der Waals surface area contributed by atoms with Crippen LogP contribution >= 0.6 is 27.3 Å². The Morgan fingerprint density at radius 1 is 1.15 bits per heavy atom. The topological polar surface area (TPSA) is 79.1 Å². The van der Waals surface area contributed by atoms with Gasteiger partial charge in [-0.25, -0.2) is 9.79 Å². The lowest BCUT2D eigenvalue weighted by Gasteiger charge is -2.25. The molecule has 0 aliphatic carbocycles. The van der Waals surface area contributed by atoms with Crippen molar-refractivity contribution in [3.05, 3.63) is 119 Å². The van der Waals surface area contributed by atoms with E-state index in [2.05, 4.69) is 21.9 Å². The van der Waals surface area contributed by atoms with E-state index < -0.39 is 12.0 Å². The summed E-state index contributed by atoms with van der Waals surface area (Å²) in [4.78, 5) is 33.0. The van der Waals surface area contributed by atoms with Gasteiger partial charge in [0.2, 0.25) is 0 Å². The summed E-state index contributed by atoms with van der Waals surface area (Å²) in [5, 5.41) is 0. The molecule has 2 heterocycles. The lowest BCUT2D eigenvalue weighted by molar-refractivity contribution is -0.138. The van der Waals surface area contributed by atoms with Crippen LogP contribution in [0.1, 0.15) is 29.7 Å². The summed E-state index contributed by atoms with van der Waals surface area (Å²) < 4.78 is 19.5. The van der Waals surface area contributed by atoms with Crippen molar-refractivity contribution in [1.82, 2.24) is 4.57 Å². The minimum absolute atomic E-state index is 0.0252. The smallest absolute Gasteiger partial charge is 0.338 e. The van der Waals surface area contributed by atoms with Crippen molar-refractivity contribution in [3.8, 4) is 23.8 Å². The Morgan fingerprint density at radius 3 is 2.51 bits per heavy atom. The minimum atomic E-state index is -0.752. The van der Waals surface area contributed by atoms with Crippen molar-refractivity contribution in [3.63, 3.8) is 0 Å². The molecular formula is C32H25BrN2O5S. The highest BCUT2D eigenvalue weighted by Crippen LogP contribution is 2.36. The van der Waals surface area contributed by atoms with Crippen LogP contribution in [0, 0.1) is 12.3 Å². The average molecular weight is 630 g/mol. The summed E-state index contributed by atoms with van der Waals surface area (Å²) in [7, 11) is 1.53. The number of esters is 1. The van der Waals surface area contributed by atoms with Gasteiger partial charge in [0.25, 0.3) is 5.56 Å². The van der Waals surface area contributed by atoms with E-state index in [4.69, 9.17) is 25.6 Å². The van der Waals surface area contributed by atoms with Crippen molar-refractivity contribution in [2.24, 2.45) is 4.99 Å². The fourth-order valence-corrected chi connectivity index (χ4v) is 6.09. The lowest BCUT2D eigenvalue weighted by Crippen LogP contribution is -2.40. The molecule has 9 heteroatoms. The van der Waals surface area contributed by atoms with Crippen LogP contribution in [0.4, 0.5) is 0 Å². The molecule has 7 nitrogen and oxygen atoms in total. The SMILES string of the molecule is C#CCOc1c(/C=c2\sc3n(c2=O)[C@H](c2ccccc2)C(C(=O)OCC)=C(c2ccccc2)N=3)cc(Br)cc1OC. The van der Waals surface area contributed by atoms with Crippen molar-refractivity contribution in [2.75, 3.05) is 20.3 Å². The van der Waals surface area contributed by atoms with Crippen LogP contribution in [0.15, 0.2) is 92.6 Å². The Morgan fingerprint density at radius 2 is 1.85 bits per heavy atom. The molecule has 3 aromatic carbocycles. The molecule has 0 spiro atoms. The molecule has 0 saturated heterocycles. The third-order valence-corrected chi connectivity index (χ3v) is 7.78. The average Bonchev–Trinajstić information content (AvgIpc) is 3.30. The molecule has 41 heavy (non-hydrogen) atoms. The van der Waals surface area contributed by atoms with Crippen LogP contribution < -0.4 is 24.4 Å². The first kappa shape index (κ1) is 28.1. The molecule has 5 rings (SSSR count). The molecule has 1 atom stereocenters. The van der Waals surface area contributed by atoms with E-state index in [-0.39, 0.29) is 18.8 Å². The van der Waals surface area contributed by atoms with E-state index in [9.17, 15) is 9.59 Å². The number of aromatic nitrogens is 1. The van der Waals surface area contributed by atoms with Gasteiger partial charge in [0, 0.05) is 15.6 Å². The first-order valence-electron chi connectivity index (χ1n) is 12.7. The number of fused-ring (bicyclic) bond motifs is 1. The highest BCUT2D eigenvalue weighted by atomic mass is 79.9. The van der Waals surface area contributed by atoms with Gasteiger partial charge in [-0.1, -0.05) is 93.9 Å². The van der Waals surface area contributed by atoms with Crippen LogP contribution in [-0.2, 0) is 9.53 Å². The number of hydrogen-bond donors (Lipinski definition) is 0. The molecule has 0 unspecified atom stereocenters. The number of terminal acetylenes is 1. The summed E-state index contributed by atoms with van der Waals surface area (Å²) >= 11 is 4.73. The molecule has 0 radical (unpaired) electrons. The van der Waals surface area contributed by atoms with E-state index in [0.717, 1.165) is 15.6 Å². The van der Waals surface area contributed by atoms with Crippen molar-refractivity contribution in [1.29, 1.82) is 0 Å². The summed E-state index contributed by atoms with van der Waals surface area (Å²) in [6, 6.07) is 21.7. The van der Waals surface area contributed by atoms with Gasteiger partial charge >= 0.3 is 5.97 Å².